The molecule has 1 saturated heterocycles. The molecule has 1 unspecified atom stereocenters. The van der Waals surface area contributed by atoms with Gasteiger partial charge in [-0.05, 0) is 58.2 Å². The first-order valence-corrected chi connectivity index (χ1v) is 8.03. The van der Waals surface area contributed by atoms with Crippen LogP contribution in [-0.2, 0) is 4.79 Å². The molecule has 0 aromatic carbocycles. The van der Waals surface area contributed by atoms with Crippen LogP contribution in [0.2, 0.25) is 0 Å². The van der Waals surface area contributed by atoms with Crippen LogP contribution in [0.3, 0.4) is 0 Å². The van der Waals surface area contributed by atoms with E-state index in [1.165, 1.54) is 45.3 Å². The average Bonchev–Trinajstić information content (AvgIpc) is 3.23. The number of nitrogens with one attached hydrogen (secondary N) is 2. The Balaban J connectivity index is 1.54. The highest BCUT2D eigenvalue weighted by atomic mass is 16.2. The van der Waals surface area contributed by atoms with E-state index in [1.807, 2.05) is 0 Å². The van der Waals surface area contributed by atoms with Crippen molar-refractivity contribution >= 4 is 5.91 Å². The molecule has 19 heavy (non-hydrogen) atoms. The van der Waals surface area contributed by atoms with E-state index in [1.54, 1.807) is 0 Å². The molecule has 1 aliphatic carbocycles. The van der Waals surface area contributed by atoms with Gasteiger partial charge in [-0.15, -0.1) is 0 Å². The van der Waals surface area contributed by atoms with E-state index in [4.69, 9.17) is 0 Å². The number of likely N-dealkylation sites (tertiary alicyclic amines) is 1. The van der Waals surface area contributed by atoms with Crippen molar-refractivity contribution in [2.75, 3.05) is 32.7 Å². The molecule has 0 aromatic heterocycles. The third-order valence-electron chi connectivity index (χ3n) is 4.17. The Bertz CT molecular complexity index is 279. The molecular weight excluding hydrogens is 238 g/mol. The van der Waals surface area contributed by atoms with Crippen LogP contribution < -0.4 is 10.6 Å². The van der Waals surface area contributed by atoms with Crippen LogP contribution >= 0.6 is 0 Å². The molecule has 4 heteroatoms. The minimum Gasteiger partial charge on any atom is -0.355 e. The number of amides is 1. The summed E-state index contributed by atoms with van der Waals surface area (Å²) < 4.78 is 0. The first-order chi connectivity index (χ1) is 9.29. The molecule has 0 bridgehead atoms. The Morgan fingerprint density at radius 1 is 1.16 bits per heavy atom. The van der Waals surface area contributed by atoms with E-state index in [2.05, 4.69) is 22.5 Å². The normalized spacial score (nSPS) is 25.0. The summed E-state index contributed by atoms with van der Waals surface area (Å²) in [6.45, 7) is 7.67. The van der Waals surface area contributed by atoms with E-state index < -0.39 is 0 Å². The zero-order valence-electron chi connectivity index (χ0n) is 12.3. The van der Waals surface area contributed by atoms with Crippen LogP contribution in [0.15, 0.2) is 0 Å². The maximum atomic E-state index is 11.5. The van der Waals surface area contributed by atoms with Crippen molar-refractivity contribution in [3.8, 4) is 0 Å². The van der Waals surface area contributed by atoms with Gasteiger partial charge in [0.05, 0.1) is 0 Å². The Kier molecular flexibility index (Phi) is 6.11. The van der Waals surface area contributed by atoms with E-state index in [0.717, 1.165) is 25.9 Å². The summed E-state index contributed by atoms with van der Waals surface area (Å²) in [4.78, 5) is 14.1. The lowest BCUT2D eigenvalue weighted by Gasteiger charge is -2.19. The van der Waals surface area contributed by atoms with Crippen molar-refractivity contribution in [2.24, 2.45) is 5.92 Å². The van der Waals surface area contributed by atoms with Crippen molar-refractivity contribution in [1.29, 1.82) is 0 Å². The van der Waals surface area contributed by atoms with Crippen molar-refractivity contribution < 1.29 is 4.79 Å². The molecule has 1 heterocycles. The quantitative estimate of drug-likeness (QED) is 0.685. The predicted molar refractivity (Wildman–Crippen MR) is 78.1 cm³/mol. The largest absolute Gasteiger partial charge is 0.355 e. The molecule has 1 saturated carbocycles. The van der Waals surface area contributed by atoms with Gasteiger partial charge in [0.2, 0.25) is 5.91 Å². The summed E-state index contributed by atoms with van der Waals surface area (Å²) in [5.41, 5.74) is 0. The van der Waals surface area contributed by atoms with Gasteiger partial charge in [-0.25, -0.2) is 0 Å². The molecule has 0 spiro atoms. The molecule has 110 valence electrons. The van der Waals surface area contributed by atoms with Gasteiger partial charge in [-0.1, -0.05) is 6.92 Å². The first-order valence-electron chi connectivity index (χ1n) is 8.03. The van der Waals surface area contributed by atoms with Crippen molar-refractivity contribution in [3.63, 3.8) is 0 Å². The molecule has 0 aromatic rings. The predicted octanol–water partition coefficient (Wildman–Crippen LogP) is 1.37. The third kappa shape index (κ3) is 5.49. The van der Waals surface area contributed by atoms with Gasteiger partial charge >= 0.3 is 0 Å². The minimum atomic E-state index is 0.261. The maximum absolute atomic E-state index is 11.5. The lowest BCUT2D eigenvalue weighted by atomic mass is 10.1. The summed E-state index contributed by atoms with van der Waals surface area (Å²) in [6, 6.07) is 0.639. The number of rotatable bonds is 7. The van der Waals surface area contributed by atoms with Crippen molar-refractivity contribution in [2.45, 2.75) is 51.5 Å². The number of carbonyl (C=O) groups excluding carboxylic acids is 1. The molecule has 2 fully saturated rings. The summed E-state index contributed by atoms with van der Waals surface area (Å²) in [6.07, 6.45) is 7.26. The van der Waals surface area contributed by atoms with Crippen LogP contribution in [0.1, 0.15) is 45.4 Å². The lowest BCUT2D eigenvalue weighted by molar-refractivity contribution is -0.122. The monoisotopic (exact) mass is 267 g/mol. The Labute approximate surface area is 117 Å². The second-order valence-electron chi connectivity index (χ2n) is 5.99. The molecule has 0 radical (unpaired) electrons. The van der Waals surface area contributed by atoms with Gasteiger partial charge in [-0.3, -0.25) is 4.79 Å². The number of hydrogen-bond donors (Lipinski definition) is 2. The molecule has 1 amide bonds. The Hall–Kier alpha value is -0.610. The van der Waals surface area contributed by atoms with Gasteiger partial charge < -0.3 is 15.5 Å². The van der Waals surface area contributed by atoms with Crippen molar-refractivity contribution in [3.05, 3.63) is 0 Å². The highest BCUT2D eigenvalue weighted by molar-refractivity contribution is 5.80. The summed E-state index contributed by atoms with van der Waals surface area (Å²) in [7, 11) is 0. The highest BCUT2D eigenvalue weighted by Gasteiger charge is 2.29. The second-order valence-corrected chi connectivity index (χ2v) is 5.99. The minimum absolute atomic E-state index is 0.261. The van der Waals surface area contributed by atoms with Gasteiger partial charge in [0.15, 0.2) is 0 Å². The van der Waals surface area contributed by atoms with Gasteiger partial charge in [0, 0.05) is 25.0 Å². The molecule has 2 aliphatic rings. The smallest absolute Gasteiger partial charge is 0.223 e. The summed E-state index contributed by atoms with van der Waals surface area (Å²) in [5, 5.41) is 6.61. The van der Waals surface area contributed by atoms with Gasteiger partial charge in [0.1, 0.15) is 0 Å². The lowest BCUT2D eigenvalue weighted by Crippen LogP contribution is -2.38. The zero-order valence-corrected chi connectivity index (χ0v) is 12.3. The zero-order chi connectivity index (χ0) is 13.5. The standard InChI is InChI=1S/C15H29N3O/c1-2-10-18-11-3-4-14(7-12-18)16-8-9-17-15(19)13-5-6-13/h13-14,16H,2-12H2,1H3,(H,17,19). The van der Waals surface area contributed by atoms with E-state index in [9.17, 15) is 4.79 Å². The maximum Gasteiger partial charge on any atom is 0.223 e. The fourth-order valence-corrected chi connectivity index (χ4v) is 2.85. The Morgan fingerprint density at radius 2 is 2.00 bits per heavy atom. The van der Waals surface area contributed by atoms with Crippen LogP contribution in [0, 0.1) is 5.92 Å². The highest BCUT2D eigenvalue weighted by Crippen LogP contribution is 2.28. The number of carbonyl (C=O) groups is 1. The number of hydrogen-bond acceptors (Lipinski definition) is 3. The molecule has 2 N–H and O–H groups in total. The van der Waals surface area contributed by atoms with E-state index >= 15 is 0 Å². The van der Waals surface area contributed by atoms with E-state index in [-0.39, 0.29) is 5.91 Å². The SMILES string of the molecule is CCCN1CCCC(NCCNC(=O)C2CC2)CC1. The van der Waals surface area contributed by atoms with Gasteiger partial charge in [-0.2, -0.15) is 0 Å². The van der Waals surface area contributed by atoms with Crippen molar-refractivity contribution in [1.82, 2.24) is 15.5 Å². The average molecular weight is 267 g/mol. The topological polar surface area (TPSA) is 44.4 Å². The fourth-order valence-electron chi connectivity index (χ4n) is 2.85. The summed E-state index contributed by atoms with van der Waals surface area (Å²) in [5.74, 6) is 0.595. The Morgan fingerprint density at radius 3 is 2.74 bits per heavy atom. The first kappa shape index (κ1) is 14.8. The fraction of sp³-hybridized carbons (Fsp3) is 0.933. The molecule has 2 rings (SSSR count). The van der Waals surface area contributed by atoms with E-state index in [0.29, 0.717) is 12.0 Å². The van der Waals surface area contributed by atoms with Crippen LogP contribution in [0.5, 0.6) is 0 Å². The van der Waals surface area contributed by atoms with Crippen LogP contribution in [-0.4, -0.2) is 49.6 Å². The summed E-state index contributed by atoms with van der Waals surface area (Å²) >= 11 is 0. The molecule has 4 nitrogen and oxygen atoms in total. The second kappa shape index (κ2) is 7.85. The molecule has 1 atom stereocenters. The number of nitrogens with zero attached hydrogens (tertiary/aromatic N) is 1. The third-order valence-corrected chi connectivity index (χ3v) is 4.17. The molecule has 1 aliphatic heterocycles. The van der Waals surface area contributed by atoms with Gasteiger partial charge in [0.25, 0.3) is 0 Å². The van der Waals surface area contributed by atoms with Crippen LogP contribution in [0.25, 0.3) is 0 Å². The van der Waals surface area contributed by atoms with Crippen LogP contribution in [0.4, 0.5) is 0 Å². The molecular formula is C15H29N3O.